The summed E-state index contributed by atoms with van der Waals surface area (Å²) < 4.78 is 0. The molecule has 0 aliphatic rings. The van der Waals surface area contributed by atoms with Gasteiger partial charge in [0.1, 0.15) is 0 Å². The molecule has 68 valence electrons. The third-order valence-corrected chi connectivity index (χ3v) is 1.97. The van der Waals surface area contributed by atoms with E-state index in [2.05, 4.69) is 0 Å². The van der Waals surface area contributed by atoms with E-state index >= 15 is 0 Å². The van der Waals surface area contributed by atoms with Crippen molar-refractivity contribution in [3.8, 4) is 0 Å². The zero-order valence-electron chi connectivity index (χ0n) is 7.96. The zero-order valence-corrected chi connectivity index (χ0v) is 7.96. The molecule has 0 atom stereocenters. The van der Waals surface area contributed by atoms with E-state index < -0.39 is 0 Å². The molecular weight excluding hydrogens is 160 g/mol. The molecule has 0 spiro atoms. The fraction of sp³-hybridized carbons (Fsp3) is 0.182. The second kappa shape index (κ2) is 3.90. The lowest BCUT2D eigenvalue weighted by atomic mass is 10.1. The van der Waals surface area contributed by atoms with Crippen LogP contribution < -0.4 is 5.73 Å². The van der Waals surface area contributed by atoms with Crippen molar-refractivity contribution in [3.05, 3.63) is 41.0 Å². The van der Waals surface area contributed by atoms with Crippen molar-refractivity contribution in [1.82, 2.24) is 0 Å². The Hall–Kier alpha value is -1.57. The van der Waals surface area contributed by atoms with Crippen LogP contribution >= 0.6 is 0 Å². The molecule has 0 amide bonds. The van der Waals surface area contributed by atoms with Crippen molar-refractivity contribution in [2.24, 2.45) is 5.73 Å². The van der Waals surface area contributed by atoms with Crippen molar-refractivity contribution in [1.29, 1.82) is 5.41 Å². The highest BCUT2D eigenvalue weighted by molar-refractivity contribution is 5.87. The highest BCUT2D eigenvalue weighted by Gasteiger charge is 1.98. The predicted octanol–water partition coefficient (Wildman–Crippen LogP) is 2.33. The lowest BCUT2D eigenvalue weighted by molar-refractivity contribution is 1.39. The van der Waals surface area contributed by atoms with Gasteiger partial charge in [0, 0.05) is 11.9 Å². The lowest BCUT2D eigenvalue weighted by Crippen LogP contribution is -2.00. The maximum absolute atomic E-state index is 7.08. The Kier molecular flexibility index (Phi) is 2.85. The first kappa shape index (κ1) is 9.52. The van der Waals surface area contributed by atoms with Crippen molar-refractivity contribution >= 4 is 11.9 Å². The normalized spacial score (nSPS) is 12.2. The molecule has 1 aromatic rings. The molecule has 1 aromatic carbocycles. The van der Waals surface area contributed by atoms with Gasteiger partial charge in [0.05, 0.1) is 0 Å². The Balaban J connectivity index is 3.16. The van der Waals surface area contributed by atoms with Crippen LogP contribution in [0.25, 0.3) is 5.70 Å². The molecule has 0 bridgehead atoms. The van der Waals surface area contributed by atoms with E-state index in [0.717, 1.165) is 11.1 Å². The van der Waals surface area contributed by atoms with Crippen LogP contribution in [0.3, 0.4) is 0 Å². The van der Waals surface area contributed by atoms with Crippen molar-refractivity contribution < 1.29 is 0 Å². The maximum Gasteiger partial charge on any atom is 0.0432 e. The third kappa shape index (κ3) is 2.18. The molecule has 0 aliphatic heterocycles. The second-order valence-corrected chi connectivity index (χ2v) is 3.11. The zero-order chi connectivity index (χ0) is 9.84. The Morgan fingerprint density at radius 3 is 2.69 bits per heavy atom. The van der Waals surface area contributed by atoms with Gasteiger partial charge in [-0.15, -0.1) is 0 Å². The number of aryl methyl sites for hydroxylation is 1. The average molecular weight is 174 g/mol. The first-order valence-corrected chi connectivity index (χ1v) is 4.19. The number of hydrogen-bond acceptors (Lipinski definition) is 2. The van der Waals surface area contributed by atoms with Crippen LogP contribution in [0.1, 0.15) is 18.1 Å². The molecule has 0 fully saturated rings. The van der Waals surface area contributed by atoms with Crippen LogP contribution in [-0.2, 0) is 0 Å². The first-order valence-electron chi connectivity index (χ1n) is 4.19. The monoisotopic (exact) mass is 174 g/mol. The Bertz CT molecular complexity index is 351. The van der Waals surface area contributed by atoms with Crippen LogP contribution in [0, 0.1) is 12.3 Å². The van der Waals surface area contributed by atoms with Gasteiger partial charge in [0.2, 0.25) is 0 Å². The Morgan fingerprint density at radius 2 is 2.15 bits per heavy atom. The average Bonchev–Trinajstić information content (AvgIpc) is 2.15. The molecular formula is C11H14N2. The smallest absolute Gasteiger partial charge is 0.0432 e. The van der Waals surface area contributed by atoms with Gasteiger partial charge in [0.25, 0.3) is 0 Å². The number of nitrogens with two attached hydrogens (primary N) is 1. The van der Waals surface area contributed by atoms with Crippen LogP contribution in [0.4, 0.5) is 0 Å². The van der Waals surface area contributed by atoms with Gasteiger partial charge in [-0.2, -0.15) is 0 Å². The van der Waals surface area contributed by atoms with E-state index in [1.54, 1.807) is 0 Å². The third-order valence-electron chi connectivity index (χ3n) is 1.97. The van der Waals surface area contributed by atoms with Crippen molar-refractivity contribution in [3.63, 3.8) is 0 Å². The van der Waals surface area contributed by atoms with Gasteiger partial charge in [0.15, 0.2) is 0 Å². The molecule has 3 N–H and O–H groups in total. The predicted molar refractivity (Wildman–Crippen MR) is 56.7 cm³/mol. The van der Waals surface area contributed by atoms with Crippen molar-refractivity contribution in [2.45, 2.75) is 13.8 Å². The van der Waals surface area contributed by atoms with E-state index in [1.165, 1.54) is 11.8 Å². The molecule has 0 saturated carbocycles. The van der Waals surface area contributed by atoms with E-state index in [9.17, 15) is 0 Å². The highest BCUT2D eigenvalue weighted by Crippen LogP contribution is 2.13. The van der Waals surface area contributed by atoms with Crippen LogP contribution in [0.5, 0.6) is 0 Å². The van der Waals surface area contributed by atoms with Crippen LogP contribution in [0.15, 0.2) is 29.8 Å². The fourth-order valence-electron chi connectivity index (χ4n) is 1.12. The molecule has 13 heavy (non-hydrogen) atoms. The lowest BCUT2D eigenvalue weighted by Gasteiger charge is -2.04. The number of hydrogen-bond donors (Lipinski definition) is 2. The summed E-state index contributed by atoms with van der Waals surface area (Å²) in [7, 11) is 0. The SMILES string of the molecule is CC(C=N)=C(N)c1cccc(C)c1. The van der Waals surface area contributed by atoms with Crippen molar-refractivity contribution in [2.75, 3.05) is 0 Å². The van der Waals surface area contributed by atoms with E-state index in [-0.39, 0.29) is 0 Å². The molecule has 0 aromatic heterocycles. The summed E-state index contributed by atoms with van der Waals surface area (Å²) in [5.74, 6) is 0. The standard InChI is InChI=1S/C11H14N2/c1-8-4-3-5-10(6-8)11(13)9(2)7-12/h3-7,12H,13H2,1-2H3. The molecule has 1 rings (SSSR count). The van der Waals surface area contributed by atoms with Gasteiger partial charge < -0.3 is 11.1 Å². The molecule has 0 saturated heterocycles. The van der Waals surface area contributed by atoms with Crippen LogP contribution in [-0.4, -0.2) is 6.21 Å². The Labute approximate surface area is 78.6 Å². The summed E-state index contributed by atoms with van der Waals surface area (Å²) in [6.45, 7) is 3.86. The summed E-state index contributed by atoms with van der Waals surface area (Å²) in [5.41, 5.74) is 9.49. The minimum atomic E-state index is 0.679. The number of allylic oxidation sites excluding steroid dienone is 1. The molecule has 2 nitrogen and oxygen atoms in total. The molecule has 2 heteroatoms. The summed E-state index contributed by atoms with van der Waals surface area (Å²) in [5, 5.41) is 7.08. The second-order valence-electron chi connectivity index (χ2n) is 3.11. The minimum absolute atomic E-state index is 0.679. The Morgan fingerprint density at radius 1 is 1.46 bits per heavy atom. The maximum atomic E-state index is 7.08. The molecule has 0 radical (unpaired) electrons. The molecule has 0 aliphatic carbocycles. The summed E-state index contributed by atoms with van der Waals surface area (Å²) in [4.78, 5) is 0. The van der Waals surface area contributed by atoms with Gasteiger partial charge in [-0.3, -0.25) is 0 Å². The number of benzene rings is 1. The first-order chi connectivity index (χ1) is 6.15. The summed E-state index contributed by atoms with van der Waals surface area (Å²) in [6, 6.07) is 7.96. The molecule has 0 heterocycles. The number of rotatable bonds is 2. The molecule has 0 unspecified atom stereocenters. The largest absolute Gasteiger partial charge is 0.398 e. The fourth-order valence-corrected chi connectivity index (χ4v) is 1.12. The summed E-state index contributed by atoms with van der Waals surface area (Å²) >= 11 is 0. The summed E-state index contributed by atoms with van der Waals surface area (Å²) in [6.07, 6.45) is 1.28. The quantitative estimate of drug-likeness (QED) is 0.664. The van der Waals surface area contributed by atoms with Crippen LogP contribution in [0.2, 0.25) is 0 Å². The highest BCUT2D eigenvalue weighted by atomic mass is 14.6. The topological polar surface area (TPSA) is 49.9 Å². The van der Waals surface area contributed by atoms with E-state index in [1.807, 2.05) is 38.1 Å². The van der Waals surface area contributed by atoms with Gasteiger partial charge in [-0.05, 0) is 31.1 Å². The van der Waals surface area contributed by atoms with Gasteiger partial charge >= 0.3 is 0 Å². The van der Waals surface area contributed by atoms with Gasteiger partial charge in [-0.25, -0.2) is 0 Å². The number of nitrogens with one attached hydrogen (secondary N) is 1. The minimum Gasteiger partial charge on any atom is -0.398 e. The van der Waals surface area contributed by atoms with Gasteiger partial charge in [-0.1, -0.05) is 23.8 Å². The van der Waals surface area contributed by atoms with E-state index in [0.29, 0.717) is 5.70 Å². The van der Waals surface area contributed by atoms with E-state index in [4.69, 9.17) is 11.1 Å².